The van der Waals surface area contributed by atoms with E-state index in [1.54, 1.807) is 27.5 Å². The number of amides is 1. The number of carboxylic acid groups (broad SMARTS) is 1. The SMILES string of the molecule is O=C(O)CC1CCN(C(=O)I)CC1. The zero-order chi connectivity index (χ0) is 9.84. The van der Waals surface area contributed by atoms with Crippen LogP contribution in [0.4, 0.5) is 4.79 Å². The molecule has 0 radical (unpaired) electrons. The van der Waals surface area contributed by atoms with Crippen molar-refractivity contribution in [2.75, 3.05) is 13.1 Å². The molecule has 0 spiro atoms. The molecule has 0 saturated carbocycles. The standard InChI is InChI=1S/C8H12INO3/c9-8(13)10-3-1-6(2-4-10)5-7(11)12/h6H,1-5H2,(H,11,12). The van der Waals surface area contributed by atoms with E-state index < -0.39 is 5.97 Å². The normalized spacial score (nSPS) is 18.7. The molecule has 0 unspecified atom stereocenters. The number of carbonyl (C=O) groups excluding carboxylic acids is 1. The average molecular weight is 297 g/mol. The first-order valence-electron chi connectivity index (χ1n) is 4.26. The maximum Gasteiger partial charge on any atom is 0.303 e. The first-order valence-corrected chi connectivity index (χ1v) is 5.33. The molecule has 0 aromatic rings. The largest absolute Gasteiger partial charge is 0.481 e. The van der Waals surface area contributed by atoms with Crippen molar-refractivity contribution in [3.8, 4) is 0 Å². The van der Waals surface area contributed by atoms with Crippen LogP contribution in [0.25, 0.3) is 0 Å². The summed E-state index contributed by atoms with van der Waals surface area (Å²) >= 11 is 1.76. The third-order valence-electron chi connectivity index (χ3n) is 2.33. The molecule has 1 saturated heterocycles. The van der Waals surface area contributed by atoms with Crippen molar-refractivity contribution in [3.63, 3.8) is 0 Å². The van der Waals surface area contributed by atoms with Crippen molar-refractivity contribution in [2.24, 2.45) is 5.92 Å². The fourth-order valence-electron chi connectivity index (χ4n) is 1.56. The summed E-state index contributed by atoms with van der Waals surface area (Å²) in [5, 5.41) is 8.56. The number of hydrogen-bond acceptors (Lipinski definition) is 2. The van der Waals surface area contributed by atoms with Crippen LogP contribution < -0.4 is 0 Å². The minimum atomic E-state index is -0.737. The summed E-state index contributed by atoms with van der Waals surface area (Å²) in [6.45, 7) is 1.42. The van der Waals surface area contributed by atoms with Gasteiger partial charge in [0.25, 0.3) is 3.91 Å². The zero-order valence-corrected chi connectivity index (χ0v) is 9.36. The summed E-state index contributed by atoms with van der Waals surface area (Å²) < 4.78 is 0.0615. The number of hydrogen-bond donors (Lipinski definition) is 1. The lowest BCUT2D eigenvalue weighted by Gasteiger charge is -2.29. The fourth-order valence-corrected chi connectivity index (χ4v) is 2.04. The third kappa shape index (κ3) is 3.50. The summed E-state index contributed by atoms with van der Waals surface area (Å²) in [7, 11) is 0. The van der Waals surface area contributed by atoms with Crippen LogP contribution in [0.2, 0.25) is 0 Å². The second kappa shape index (κ2) is 4.78. The van der Waals surface area contributed by atoms with Crippen molar-refractivity contribution in [1.82, 2.24) is 4.90 Å². The van der Waals surface area contributed by atoms with E-state index in [-0.39, 0.29) is 16.3 Å². The number of nitrogens with zero attached hydrogens (tertiary/aromatic N) is 1. The molecule has 74 valence electrons. The van der Waals surface area contributed by atoms with Crippen molar-refractivity contribution in [3.05, 3.63) is 0 Å². The molecule has 0 bridgehead atoms. The molecule has 0 aliphatic carbocycles. The molecular formula is C8H12INO3. The molecule has 1 aliphatic rings. The van der Waals surface area contributed by atoms with Crippen LogP contribution >= 0.6 is 22.6 Å². The molecule has 0 aromatic heterocycles. The lowest BCUT2D eigenvalue weighted by atomic mass is 9.94. The Balaban J connectivity index is 2.30. The molecule has 4 nitrogen and oxygen atoms in total. The summed E-state index contributed by atoms with van der Waals surface area (Å²) in [5.41, 5.74) is 0. The van der Waals surface area contributed by atoms with Gasteiger partial charge in [-0.1, -0.05) is 0 Å². The van der Waals surface area contributed by atoms with Gasteiger partial charge >= 0.3 is 5.97 Å². The van der Waals surface area contributed by atoms with E-state index in [0.717, 1.165) is 12.8 Å². The molecular weight excluding hydrogens is 285 g/mol. The molecule has 1 fully saturated rings. The maximum atomic E-state index is 10.9. The van der Waals surface area contributed by atoms with Gasteiger partial charge in [-0.3, -0.25) is 9.59 Å². The van der Waals surface area contributed by atoms with E-state index in [4.69, 9.17) is 5.11 Å². The van der Waals surface area contributed by atoms with Crippen molar-refractivity contribution >= 4 is 32.5 Å². The Bertz CT molecular complexity index is 211. The fraction of sp³-hybridized carbons (Fsp3) is 0.750. The minimum Gasteiger partial charge on any atom is -0.481 e. The monoisotopic (exact) mass is 297 g/mol. The molecule has 13 heavy (non-hydrogen) atoms. The highest BCUT2D eigenvalue weighted by atomic mass is 127. The Kier molecular flexibility index (Phi) is 3.95. The number of carboxylic acids is 1. The molecule has 0 aromatic carbocycles. The second-order valence-corrected chi connectivity index (χ2v) is 4.20. The first-order chi connectivity index (χ1) is 6.09. The van der Waals surface area contributed by atoms with Crippen LogP contribution in [-0.4, -0.2) is 33.0 Å². The van der Waals surface area contributed by atoms with Gasteiger partial charge in [-0.05, 0) is 18.8 Å². The van der Waals surface area contributed by atoms with Gasteiger partial charge in [-0.25, -0.2) is 0 Å². The summed E-state index contributed by atoms with van der Waals surface area (Å²) in [6, 6.07) is 0. The van der Waals surface area contributed by atoms with Gasteiger partial charge < -0.3 is 10.0 Å². The first kappa shape index (κ1) is 10.7. The zero-order valence-electron chi connectivity index (χ0n) is 7.20. The van der Waals surface area contributed by atoms with E-state index in [1.165, 1.54) is 0 Å². The van der Waals surface area contributed by atoms with E-state index in [9.17, 15) is 9.59 Å². The number of carbonyl (C=O) groups is 2. The summed E-state index contributed by atoms with van der Waals surface area (Å²) in [5.74, 6) is -0.483. The lowest BCUT2D eigenvalue weighted by Crippen LogP contribution is -2.35. The van der Waals surface area contributed by atoms with Crippen molar-refractivity contribution in [1.29, 1.82) is 0 Å². The average Bonchev–Trinajstić information content (AvgIpc) is 2.04. The Labute approximate surface area is 90.4 Å². The van der Waals surface area contributed by atoms with Crippen molar-refractivity contribution in [2.45, 2.75) is 19.3 Å². The third-order valence-corrected chi connectivity index (χ3v) is 3.01. The molecule has 1 N–H and O–H groups in total. The van der Waals surface area contributed by atoms with E-state index in [1.807, 2.05) is 0 Å². The van der Waals surface area contributed by atoms with Gasteiger partial charge in [-0.2, -0.15) is 0 Å². The lowest BCUT2D eigenvalue weighted by molar-refractivity contribution is -0.138. The van der Waals surface area contributed by atoms with E-state index in [0.29, 0.717) is 13.1 Å². The van der Waals surface area contributed by atoms with Crippen LogP contribution in [0.15, 0.2) is 0 Å². The number of piperidine rings is 1. The highest BCUT2D eigenvalue weighted by Crippen LogP contribution is 2.21. The number of rotatable bonds is 2. The van der Waals surface area contributed by atoms with Crippen LogP contribution in [0, 0.1) is 5.92 Å². The summed E-state index contributed by atoms with van der Waals surface area (Å²) in [4.78, 5) is 23.1. The number of halogens is 1. The molecule has 1 aliphatic heterocycles. The molecule has 0 atom stereocenters. The topological polar surface area (TPSA) is 57.6 Å². The Morgan fingerprint density at radius 1 is 1.38 bits per heavy atom. The maximum absolute atomic E-state index is 10.9. The highest BCUT2D eigenvalue weighted by molar-refractivity contribution is 14.1. The smallest absolute Gasteiger partial charge is 0.303 e. The van der Waals surface area contributed by atoms with E-state index >= 15 is 0 Å². The van der Waals surface area contributed by atoms with Crippen LogP contribution in [0.1, 0.15) is 19.3 Å². The molecule has 5 heteroatoms. The number of likely N-dealkylation sites (tertiary alicyclic amines) is 1. The Morgan fingerprint density at radius 3 is 2.31 bits per heavy atom. The van der Waals surface area contributed by atoms with Crippen LogP contribution in [-0.2, 0) is 4.79 Å². The predicted octanol–water partition coefficient (Wildman–Crippen LogP) is 1.73. The Morgan fingerprint density at radius 2 is 1.92 bits per heavy atom. The predicted molar refractivity (Wildman–Crippen MR) is 56.0 cm³/mol. The van der Waals surface area contributed by atoms with Gasteiger partial charge in [0.05, 0.1) is 0 Å². The van der Waals surface area contributed by atoms with Crippen LogP contribution in [0.5, 0.6) is 0 Å². The van der Waals surface area contributed by atoms with Gasteiger partial charge in [0.2, 0.25) is 0 Å². The second-order valence-electron chi connectivity index (χ2n) is 3.28. The Hall–Kier alpha value is -0.330. The molecule has 1 rings (SSSR count). The van der Waals surface area contributed by atoms with Gasteiger partial charge in [0.1, 0.15) is 0 Å². The van der Waals surface area contributed by atoms with Gasteiger partial charge in [0.15, 0.2) is 0 Å². The van der Waals surface area contributed by atoms with Crippen molar-refractivity contribution < 1.29 is 14.7 Å². The quantitative estimate of drug-likeness (QED) is 0.480. The number of aliphatic carboxylic acids is 1. The summed E-state index contributed by atoms with van der Waals surface area (Å²) in [6.07, 6.45) is 1.88. The molecule has 1 heterocycles. The van der Waals surface area contributed by atoms with Gasteiger partial charge in [0, 0.05) is 42.1 Å². The molecule has 1 amide bonds. The van der Waals surface area contributed by atoms with Gasteiger partial charge in [-0.15, -0.1) is 0 Å². The minimum absolute atomic E-state index is 0.0615. The van der Waals surface area contributed by atoms with E-state index in [2.05, 4.69) is 0 Å². The highest BCUT2D eigenvalue weighted by Gasteiger charge is 2.22. The van der Waals surface area contributed by atoms with Crippen LogP contribution in [0.3, 0.4) is 0 Å².